The molecule has 0 aliphatic carbocycles. The number of thiocarbonyl (C=S) groups is 1. The van der Waals surface area contributed by atoms with Gasteiger partial charge in [0, 0.05) is 37.2 Å². The molecule has 0 spiro atoms. The van der Waals surface area contributed by atoms with Crippen molar-refractivity contribution in [1.82, 2.24) is 10.3 Å². The smallest absolute Gasteiger partial charge is 0.337 e. The summed E-state index contributed by atoms with van der Waals surface area (Å²) in [6, 6.07) is 24.7. The lowest BCUT2D eigenvalue weighted by molar-refractivity contribution is 0.0601. The Balaban J connectivity index is 1.56. The Labute approximate surface area is 215 Å². The van der Waals surface area contributed by atoms with Gasteiger partial charge < -0.3 is 24.3 Å². The summed E-state index contributed by atoms with van der Waals surface area (Å²) in [4.78, 5) is 20.7. The van der Waals surface area contributed by atoms with Crippen LogP contribution in [0.4, 0.5) is 11.4 Å². The van der Waals surface area contributed by atoms with Crippen molar-refractivity contribution in [3.63, 3.8) is 0 Å². The maximum Gasteiger partial charge on any atom is 0.337 e. The summed E-state index contributed by atoms with van der Waals surface area (Å²) in [5, 5.41) is 4.04. The van der Waals surface area contributed by atoms with Gasteiger partial charge in [-0.05, 0) is 72.9 Å². The molecule has 0 bridgehead atoms. The molecule has 182 valence electrons. The Morgan fingerprint density at radius 3 is 2.56 bits per heavy atom. The number of pyridine rings is 1. The zero-order chi connectivity index (χ0) is 25.2. The highest BCUT2D eigenvalue weighted by atomic mass is 32.1. The van der Waals surface area contributed by atoms with Crippen LogP contribution in [0.3, 0.4) is 0 Å². The number of benzene rings is 2. The highest BCUT2D eigenvalue weighted by Gasteiger charge is 2.42. The number of esters is 1. The fourth-order valence-electron chi connectivity index (χ4n) is 4.42. The van der Waals surface area contributed by atoms with Crippen LogP contribution in [-0.2, 0) is 4.74 Å². The molecule has 1 N–H and O–H groups in total. The third-order valence-electron chi connectivity index (χ3n) is 6.23. The molecule has 36 heavy (non-hydrogen) atoms. The molecule has 0 amide bonds. The molecule has 0 radical (unpaired) electrons. The molecule has 5 rings (SSSR count). The average molecular weight is 499 g/mol. The number of hydrogen-bond donors (Lipinski definition) is 1. The normalized spacial score (nSPS) is 17.1. The standard InChI is InChI=1S/C28H26N4O3S/c1-31(2)20-10-12-21(13-11-20)32-26(25(30-28(32)36)22-9-4-5-16-29-22)24-15-14-23(35-24)18-7-6-8-19(17-18)27(33)34-3/h4-17,25-26H,1-3H3,(H,30,36)/t25-,26-/m0/s1. The molecule has 2 aromatic carbocycles. The SMILES string of the molecule is COC(=O)c1cccc(-c2ccc([C@H]3[C@H](c4ccccn4)NC(=S)N3c3ccc(N(C)C)cc3)o2)c1. The van der Waals surface area contributed by atoms with Crippen LogP contribution in [0.15, 0.2) is 89.5 Å². The van der Waals surface area contributed by atoms with E-state index in [9.17, 15) is 4.79 Å². The number of ether oxygens (including phenoxy) is 1. The highest BCUT2D eigenvalue weighted by Crippen LogP contribution is 2.43. The molecule has 0 saturated carbocycles. The molecule has 1 fully saturated rings. The van der Waals surface area contributed by atoms with Gasteiger partial charge in [0.2, 0.25) is 0 Å². The molecular formula is C28H26N4O3S. The number of aromatic nitrogens is 1. The zero-order valence-electron chi connectivity index (χ0n) is 20.2. The van der Waals surface area contributed by atoms with E-state index < -0.39 is 5.97 Å². The number of furan rings is 1. The molecule has 8 heteroatoms. The molecule has 0 unspecified atom stereocenters. The largest absolute Gasteiger partial charge is 0.465 e. The number of hydrogen-bond acceptors (Lipinski definition) is 6. The number of carbonyl (C=O) groups is 1. The van der Waals surface area contributed by atoms with Crippen LogP contribution in [0.5, 0.6) is 0 Å². The minimum Gasteiger partial charge on any atom is -0.465 e. The van der Waals surface area contributed by atoms with Crippen LogP contribution in [0.1, 0.15) is 33.9 Å². The number of anilines is 2. The Morgan fingerprint density at radius 1 is 1.06 bits per heavy atom. The molecule has 2 aromatic heterocycles. The van der Waals surface area contributed by atoms with Crippen LogP contribution in [-0.4, -0.2) is 37.3 Å². The number of nitrogens with zero attached hydrogens (tertiary/aromatic N) is 3. The van der Waals surface area contributed by atoms with Crippen LogP contribution >= 0.6 is 12.2 Å². The molecule has 4 aromatic rings. The molecule has 1 aliphatic rings. The number of carbonyl (C=O) groups excluding carboxylic acids is 1. The van der Waals surface area contributed by atoms with Crippen molar-refractivity contribution < 1.29 is 13.9 Å². The van der Waals surface area contributed by atoms with Crippen molar-refractivity contribution in [3.8, 4) is 11.3 Å². The maximum atomic E-state index is 12.0. The third-order valence-corrected chi connectivity index (χ3v) is 6.54. The number of nitrogens with one attached hydrogen (secondary N) is 1. The van der Waals surface area contributed by atoms with Crippen LogP contribution in [0, 0.1) is 0 Å². The van der Waals surface area contributed by atoms with E-state index in [1.807, 2.05) is 56.6 Å². The maximum absolute atomic E-state index is 12.0. The molecule has 7 nitrogen and oxygen atoms in total. The van der Waals surface area contributed by atoms with Crippen molar-refractivity contribution in [2.75, 3.05) is 31.0 Å². The summed E-state index contributed by atoms with van der Waals surface area (Å²) in [6.07, 6.45) is 1.78. The van der Waals surface area contributed by atoms with Gasteiger partial charge in [-0.3, -0.25) is 4.98 Å². The Morgan fingerprint density at radius 2 is 1.86 bits per heavy atom. The van der Waals surface area contributed by atoms with E-state index in [1.54, 1.807) is 18.3 Å². The summed E-state index contributed by atoms with van der Waals surface area (Å²) >= 11 is 5.80. The predicted molar refractivity (Wildman–Crippen MR) is 144 cm³/mol. The summed E-state index contributed by atoms with van der Waals surface area (Å²) < 4.78 is 11.3. The third kappa shape index (κ3) is 4.43. The Hall–Kier alpha value is -4.17. The van der Waals surface area contributed by atoms with Gasteiger partial charge in [-0.15, -0.1) is 0 Å². The molecule has 2 atom stereocenters. The second kappa shape index (κ2) is 9.83. The first-order chi connectivity index (χ1) is 17.5. The van der Waals surface area contributed by atoms with Gasteiger partial charge in [0.15, 0.2) is 5.11 Å². The molecule has 1 aliphatic heterocycles. The zero-order valence-corrected chi connectivity index (χ0v) is 21.0. The number of methoxy groups -OCH3 is 1. The van der Waals surface area contributed by atoms with Crippen molar-refractivity contribution >= 4 is 34.7 Å². The van der Waals surface area contributed by atoms with Gasteiger partial charge in [-0.1, -0.05) is 18.2 Å². The van der Waals surface area contributed by atoms with Gasteiger partial charge in [-0.2, -0.15) is 0 Å². The van der Waals surface area contributed by atoms with E-state index >= 15 is 0 Å². The fraction of sp³-hybridized carbons (Fsp3) is 0.179. The van der Waals surface area contributed by atoms with Gasteiger partial charge in [0.1, 0.15) is 17.6 Å². The van der Waals surface area contributed by atoms with E-state index in [-0.39, 0.29) is 12.1 Å². The minimum atomic E-state index is -0.392. The first-order valence-electron chi connectivity index (χ1n) is 11.5. The van der Waals surface area contributed by atoms with E-state index in [0.717, 1.165) is 28.4 Å². The quantitative estimate of drug-likeness (QED) is 0.281. The first kappa shape index (κ1) is 23.6. The Kier molecular flexibility index (Phi) is 6.43. The fourth-order valence-corrected chi connectivity index (χ4v) is 4.76. The van der Waals surface area contributed by atoms with Crippen molar-refractivity contribution in [2.45, 2.75) is 12.1 Å². The molecule has 1 saturated heterocycles. The number of rotatable bonds is 6. The van der Waals surface area contributed by atoms with E-state index in [2.05, 4.69) is 44.4 Å². The lowest BCUT2D eigenvalue weighted by Crippen LogP contribution is -2.29. The molecular weight excluding hydrogens is 472 g/mol. The summed E-state index contributed by atoms with van der Waals surface area (Å²) in [6.45, 7) is 0. The van der Waals surface area contributed by atoms with Crippen molar-refractivity contribution in [1.29, 1.82) is 0 Å². The van der Waals surface area contributed by atoms with Crippen molar-refractivity contribution in [2.24, 2.45) is 0 Å². The summed E-state index contributed by atoms with van der Waals surface area (Å²) in [7, 11) is 5.39. The second-order valence-electron chi connectivity index (χ2n) is 8.68. The van der Waals surface area contributed by atoms with Gasteiger partial charge >= 0.3 is 5.97 Å². The monoisotopic (exact) mass is 498 g/mol. The van der Waals surface area contributed by atoms with Gasteiger partial charge in [0.05, 0.1) is 24.4 Å². The summed E-state index contributed by atoms with van der Waals surface area (Å²) in [5.74, 6) is 0.987. The van der Waals surface area contributed by atoms with Gasteiger partial charge in [0.25, 0.3) is 0 Å². The first-order valence-corrected chi connectivity index (χ1v) is 11.9. The van der Waals surface area contributed by atoms with E-state index in [1.165, 1.54) is 7.11 Å². The lowest BCUT2D eigenvalue weighted by Gasteiger charge is -2.26. The van der Waals surface area contributed by atoms with Crippen molar-refractivity contribution in [3.05, 3.63) is 102 Å². The second-order valence-corrected chi connectivity index (χ2v) is 9.07. The minimum absolute atomic E-state index is 0.215. The van der Waals surface area contributed by atoms with Gasteiger partial charge in [-0.25, -0.2) is 4.79 Å². The highest BCUT2D eigenvalue weighted by molar-refractivity contribution is 7.80. The van der Waals surface area contributed by atoms with E-state index in [4.69, 9.17) is 21.4 Å². The molecule has 3 heterocycles. The lowest BCUT2D eigenvalue weighted by atomic mass is 10.0. The van der Waals surface area contributed by atoms with E-state index in [0.29, 0.717) is 16.4 Å². The topological polar surface area (TPSA) is 70.8 Å². The predicted octanol–water partition coefficient (Wildman–Crippen LogP) is 5.37. The average Bonchev–Trinajstić information content (AvgIpc) is 3.53. The van der Waals surface area contributed by atoms with Crippen LogP contribution < -0.4 is 15.1 Å². The van der Waals surface area contributed by atoms with Crippen LogP contribution in [0.2, 0.25) is 0 Å². The summed E-state index contributed by atoms with van der Waals surface area (Å²) in [5.41, 5.74) is 4.16. The van der Waals surface area contributed by atoms with Crippen LogP contribution in [0.25, 0.3) is 11.3 Å². The Bertz CT molecular complexity index is 1390.